The first-order valence-corrected chi connectivity index (χ1v) is 7.96. The molecule has 0 N–H and O–H groups in total. The van der Waals surface area contributed by atoms with E-state index < -0.39 is 16.8 Å². The van der Waals surface area contributed by atoms with Gasteiger partial charge in [0.15, 0.2) is 0 Å². The minimum atomic E-state index is -1.14. The van der Waals surface area contributed by atoms with Crippen molar-refractivity contribution in [3.05, 3.63) is 23.8 Å². The highest BCUT2D eigenvalue weighted by Gasteiger charge is 2.42. The van der Waals surface area contributed by atoms with Gasteiger partial charge in [-0.1, -0.05) is 0 Å². The van der Waals surface area contributed by atoms with Crippen molar-refractivity contribution in [3.8, 4) is 5.75 Å². The molecule has 2 aliphatic rings. The monoisotopic (exact) mass is 297 g/mol. The summed E-state index contributed by atoms with van der Waals surface area (Å²) in [5, 5.41) is -0.122. The van der Waals surface area contributed by atoms with Crippen LogP contribution in [0, 0.1) is 0 Å². The van der Waals surface area contributed by atoms with Crippen molar-refractivity contribution in [2.75, 3.05) is 18.7 Å². The molecule has 19 heavy (non-hydrogen) atoms. The molecular weight excluding hydrogens is 286 g/mol. The number of carbonyl (C=O) groups excluding carboxylic acids is 2. The fourth-order valence-corrected chi connectivity index (χ4v) is 4.64. The average Bonchev–Trinajstić information content (AvgIpc) is 2.76. The van der Waals surface area contributed by atoms with E-state index in [-0.39, 0.29) is 22.7 Å². The van der Waals surface area contributed by atoms with Crippen LogP contribution >= 0.6 is 11.8 Å². The molecule has 2 aliphatic heterocycles. The zero-order valence-electron chi connectivity index (χ0n) is 10.1. The summed E-state index contributed by atoms with van der Waals surface area (Å²) < 4.78 is 16.7. The van der Waals surface area contributed by atoms with Crippen molar-refractivity contribution in [2.24, 2.45) is 0 Å². The Bertz CT molecular complexity index is 601. The van der Waals surface area contributed by atoms with E-state index in [4.69, 9.17) is 4.74 Å². The Kier molecular flexibility index (Phi) is 3.10. The van der Waals surface area contributed by atoms with Crippen molar-refractivity contribution in [1.82, 2.24) is 4.90 Å². The topological polar surface area (TPSA) is 63.7 Å². The Balaban J connectivity index is 2.09. The minimum absolute atomic E-state index is 0.122. The molecule has 0 radical (unpaired) electrons. The van der Waals surface area contributed by atoms with E-state index in [2.05, 4.69) is 0 Å². The molecule has 0 bridgehead atoms. The van der Waals surface area contributed by atoms with Gasteiger partial charge in [0.2, 0.25) is 5.12 Å². The quantitative estimate of drug-likeness (QED) is 0.769. The zero-order chi connectivity index (χ0) is 13.6. The van der Waals surface area contributed by atoms with Gasteiger partial charge in [0.1, 0.15) is 11.8 Å². The van der Waals surface area contributed by atoms with Crippen molar-refractivity contribution in [1.29, 1.82) is 0 Å². The van der Waals surface area contributed by atoms with Crippen LogP contribution in [0.4, 0.5) is 0 Å². The summed E-state index contributed by atoms with van der Waals surface area (Å²) in [6, 6.07) is 4.49. The molecule has 1 unspecified atom stereocenters. The second kappa shape index (κ2) is 4.64. The minimum Gasteiger partial charge on any atom is -0.497 e. The van der Waals surface area contributed by atoms with E-state index in [1.165, 1.54) is 12.0 Å². The summed E-state index contributed by atoms with van der Waals surface area (Å²) in [6.07, 6.45) is 0. The standard InChI is InChI=1S/C12H11NO4S2/c1-17-7-2-3-10-8(4-7)11(14)13-6-19(16)5-9(13)12(15)18-10/h2-4,9H,5-6H2,1H3/t9-,19?/m0/s1. The lowest BCUT2D eigenvalue weighted by molar-refractivity contribution is -0.113. The lowest BCUT2D eigenvalue weighted by Gasteiger charge is -2.18. The first kappa shape index (κ1) is 12.7. The van der Waals surface area contributed by atoms with E-state index in [9.17, 15) is 13.8 Å². The normalized spacial score (nSPS) is 25.8. The van der Waals surface area contributed by atoms with Gasteiger partial charge in [-0.05, 0) is 30.0 Å². The largest absolute Gasteiger partial charge is 0.497 e. The van der Waals surface area contributed by atoms with Gasteiger partial charge in [0, 0.05) is 15.7 Å². The number of ether oxygens (including phenoxy) is 1. The predicted octanol–water partition coefficient (Wildman–Crippen LogP) is 0.858. The lowest BCUT2D eigenvalue weighted by Crippen LogP contribution is -2.39. The van der Waals surface area contributed by atoms with Crippen LogP contribution in [0.25, 0.3) is 0 Å². The third-order valence-corrected chi connectivity index (χ3v) is 5.47. The third kappa shape index (κ3) is 2.06. The molecule has 0 spiro atoms. The van der Waals surface area contributed by atoms with Gasteiger partial charge in [0.05, 0.1) is 24.3 Å². The Morgan fingerprint density at radius 2 is 2.21 bits per heavy atom. The smallest absolute Gasteiger partial charge is 0.256 e. The molecule has 1 aromatic rings. The predicted molar refractivity (Wildman–Crippen MR) is 71.7 cm³/mol. The molecule has 5 nitrogen and oxygen atoms in total. The summed E-state index contributed by atoms with van der Waals surface area (Å²) in [4.78, 5) is 26.6. The number of hydrogen-bond donors (Lipinski definition) is 0. The molecule has 2 heterocycles. The van der Waals surface area contributed by atoms with E-state index in [1.54, 1.807) is 18.2 Å². The number of fused-ring (bicyclic) bond motifs is 2. The van der Waals surface area contributed by atoms with Gasteiger partial charge in [0.25, 0.3) is 5.91 Å². The highest BCUT2D eigenvalue weighted by atomic mass is 32.2. The van der Waals surface area contributed by atoms with E-state index in [0.29, 0.717) is 16.2 Å². The van der Waals surface area contributed by atoms with Crippen molar-refractivity contribution in [3.63, 3.8) is 0 Å². The third-order valence-electron chi connectivity index (χ3n) is 3.16. The maximum atomic E-state index is 12.4. The van der Waals surface area contributed by atoms with Crippen LogP contribution in [0.3, 0.4) is 0 Å². The second-order valence-corrected chi connectivity index (χ2v) is 6.83. The molecule has 0 aliphatic carbocycles. The number of thioether (sulfide) groups is 1. The van der Waals surface area contributed by atoms with Crippen LogP contribution in [-0.2, 0) is 15.6 Å². The highest BCUT2D eigenvalue weighted by molar-refractivity contribution is 8.14. The van der Waals surface area contributed by atoms with Gasteiger partial charge in [-0.3, -0.25) is 13.8 Å². The van der Waals surface area contributed by atoms with Crippen molar-refractivity contribution >= 4 is 33.6 Å². The Labute approximate surface area is 116 Å². The Morgan fingerprint density at radius 3 is 2.95 bits per heavy atom. The number of carbonyl (C=O) groups is 2. The molecule has 1 saturated heterocycles. The first-order valence-electron chi connectivity index (χ1n) is 5.66. The molecule has 1 fully saturated rings. The number of benzene rings is 1. The van der Waals surface area contributed by atoms with Crippen molar-refractivity contribution in [2.45, 2.75) is 10.9 Å². The molecular formula is C12H11NO4S2. The number of hydrogen-bond acceptors (Lipinski definition) is 5. The van der Waals surface area contributed by atoms with Gasteiger partial charge in [-0.25, -0.2) is 0 Å². The van der Waals surface area contributed by atoms with Crippen LogP contribution in [0.5, 0.6) is 5.75 Å². The molecule has 1 amide bonds. The van der Waals surface area contributed by atoms with Gasteiger partial charge in [-0.2, -0.15) is 0 Å². The van der Waals surface area contributed by atoms with Gasteiger partial charge in [-0.15, -0.1) is 0 Å². The first-order chi connectivity index (χ1) is 9.10. The highest BCUT2D eigenvalue weighted by Crippen LogP contribution is 2.35. The van der Waals surface area contributed by atoms with Crippen LogP contribution < -0.4 is 4.74 Å². The number of rotatable bonds is 1. The Hall–Kier alpha value is -1.34. The summed E-state index contributed by atoms with van der Waals surface area (Å²) in [5.41, 5.74) is 0.444. The molecule has 2 atom stereocenters. The van der Waals surface area contributed by atoms with Crippen LogP contribution in [0.2, 0.25) is 0 Å². The van der Waals surface area contributed by atoms with Gasteiger partial charge >= 0.3 is 0 Å². The van der Waals surface area contributed by atoms with Crippen LogP contribution in [0.15, 0.2) is 23.1 Å². The van der Waals surface area contributed by atoms with E-state index in [0.717, 1.165) is 11.8 Å². The fourth-order valence-electron chi connectivity index (χ4n) is 2.18. The van der Waals surface area contributed by atoms with Crippen molar-refractivity contribution < 1.29 is 18.5 Å². The van der Waals surface area contributed by atoms with E-state index in [1.807, 2.05) is 0 Å². The van der Waals surface area contributed by atoms with Crippen LogP contribution in [-0.4, -0.2) is 44.9 Å². The summed E-state index contributed by atoms with van der Waals surface area (Å²) in [7, 11) is 0.387. The number of amides is 1. The number of methoxy groups -OCH3 is 1. The lowest BCUT2D eigenvalue weighted by atomic mass is 10.1. The average molecular weight is 297 g/mol. The second-order valence-electron chi connectivity index (χ2n) is 4.31. The van der Waals surface area contributed by atoms with E-state index >= 15 is 0 Å². The summed E-state index contributed by atoms with van der Waals surface area (Å²) >= 11 is 1.04. The maximum absolute atomic E-state index is 12.4. The Morgan fingerprint density at radius 1 is 1.42 bits per heavy atom. The molecule has 0 aromatic heterocycles. The molecule has 1 aromatic carbocycles. The molecule has 3 rings (SSSR count). The fraction of sp³-hybridized carbons (Fsp3) is 0.333. The number of nitrogens with zero attached hydrogens (tertiary/aromatic N) is 1. The summed E-state index contributed by atoms with van der Waals surface area (Å²) in [6.45, 7) is 0. The zero-order valence-corrected chi connectivity index (χ0v) is 11.8. The van der Waals surface area contributed by atoms with Gasteiger partial charge < -0.3 is 9.64 Å². The van der Waals surface area contributed by atoms with Crippen LogP contribution in [0.1, 0.15) is 10.4 Å². The SMILES string of the molecule is COc1ccc2c(c1)C(=O)N1CS(=O)C[C@H]1C(=O)S2. The molecule has 0 saturated carbocycles. The molecule has 7 heteroatoms. The molecule has 100 valence electrons. The maximum Gasteiger partial charge on any atom is 0.256 e. The summed E-state index contributed by atoms with van der Waals surface area (Å²) in [5.74, 6) is 0.691.